The van der Waals surface area contributed by atoms with Crippen LogP contribution in [0.2, 0.25) is 5.02 Å². The molecule has 2 N–H and O–H groups in total. The number of hydrogen-bond acceptors (Lipinski definition) is 3. The lowest BCUT2D eigenvalue weighted by molar-refractivity contribution is -0.144. The van der Waals surface area contributed by atoms with Crippen LogP contribution < -0.4 is 5.32 Å². The minimum atomic E-state index is -1.14. The predicted molar refractivity (Wildman–Crippen MR) is 80.6 cm³/mol. The molecule has 4 nitrogen and oxygen atoms in total. The maximum absolute atomic E-state index is 12.3. The molecule has 0 unspecified atom stereocenters. The van der Waals surface area contributed by atoms with E-state index in [0.717, 1.165) is 17.1 Å². The van der Waals surface area contributed by atoms with Crippen molar-refractivity contribution >= 4 is 35.2 Å². The van der Waals surface area contributed by atoms with E-state index in [1.807, 2.05) is 0 Å². The van der Waals surface area contributed by atoms with Crippen molar-refractivity contribution in [3.8, 4) is 0 Å². The zero-order valence-corrected chi connectivity index (χ0v) is 12.7. The van der Waals surface area contributed by atoms with Crippen LogP contribution in [0.5, 0.6) is 0 Å². The molecule has 1 aliphatic heterocycles. The van der Waals surface area contributed by atoms with Crippen molar-refractivity contribution in [2.45, 2.75) is 25.3 Å². The summed E-state index contributed by atoms with van der Waals surface area (Å²) in [5.74, 6) is 0.171. The number of hydrogen-bond donors (Lipinski definition) is 2. The molecule has 0 saturated carbocycles. The standard InChI is InChI=1S/C14H16ClNO3S/c1-9-8-10(15)2-3-11(9)12(17)16-14(13(18)19)4-6-20-7-5-14/h2-3,8H,4-7H2,1H3,(H,16,17)(H,18,19). The second kappa shape index (κ2) is 6.06. The van der Waals surface area contributed by atoms with Gasteiger partial charge in [0.15, 0.2) is 0 Å². The normalized spacial score (nSPS) is 17.5. The van der Waals surface area contributed by atoms with Crippen molar-refractivity contribution in [2.75, 3.05) is 11.5 Å². The van der Waals surface area contributed by atoms with E-state index in [1.54, 1.807) is 36.9 Å². The minimum Gasteiger partial charge on any atom is -0.480 e. The summed E-state index contributed by atoms with van der Waals surface area (Å²) in [5, 5.41) is 12.7. The Hall–Kier alpha value is -1.20. The Labute approximate surface area is 126 Å². The van der Waals surface area contributed by atoms with E-state index >= 15 is 0 Å². The summed E-state index contributed by atoms with van der Waals surface area (Å²) in [6.07, 6.45) is 0.900. The van der Waals surface area contributed by atoms with Gasteiger partial charge in [-0.25, -0.2) is 4.79 Å². The third-order valence-corrected chi connectivity index (χ3v) is 4.76. The van der Waals surface area contributed by atoms with E-state index in [2.05, 4.69) is 5.32 Å². The Morgan fingerprint density at radius 1 is 1.35 bits per heavy atom. The fraction of sp³-hybridized carbons (Fsp3) is 0.429. The molecular weight excluding hydrogens is 298 g/mol. The number of carboxylic acids is 1. The number of nitrogens with one attached hydrogen (secondary N) is 1. The first kappa shape index (κ1) is 15.2. The molecule has 2 rings (SSSR count). The number of thioether (sulfide) groups is 1. The maximum Gasteiger partial charge on any atom is 0.329 e. The van der Waals surface area contributed by atoms with Crippen LogP contribution in [0.15, 0.2) is 18.2 Å². The highest BCUT2D eigenvalue weighted by atomic mass is 35.5. The number of aryl methyl sites for hydroxylation is 1. The number of aliphatic carboxylic acids is 1. The highest BCUT2D eigenvalue weighted by Crippen LogP contribution is 2.28. The van der Waals surface area contributed by atoms with E-state index in [9.17, 15) is 14.7 Å². The van der Waals surface area contributed by atoms with Gasteiger partial charge in [0, 0.05) is 10.6 Å². The first-order valence-corrected chi connectivity index (χ1v) is 7.88. The molecule has 0 radical (unpaired) electrons. The van der Waals surface area contributed by atoms with Crippen LogP contribution in [0.1, 0.15) is 28.8 Å². The molecule has 0 spiro atoms. The van der Waals surface area contributed by atoms with Gasteiger partial charge >= 0.3 is 5.97 Å². The Kier molecular flexibility index (Phi) is 4.60. The molecule has 20 heavy (non-hydrogen) atoms. The summed E-state index contributed by atoms with van der Waals surface area (Å²) < 4.78 is 0. The summed E-state index contributed by atoms with van der Waals surface area (Å²) in [6, 6.07) is 4.95. The van der Waals surface area contributed by atoms with Crippen LogP contribution in [0, 0.1) is 6.92 Å². The average molecular weight is 314 g/mol. The van der Waals surface area contributed by atoms with Crippen LogP contribution in [-0.2, 0) is 4.79 Å². The fourth-order valence-corrected chi connectivity index (χ4v) is 3.70. The second-order valence-electron chi connectivity index (χ2n) is 4.91. The number of carboxylic acid groups (broad SMARTS) is 1. The Bertz CT molecular complexity index is 541. The van der Waals surface area contributed by atoms with Gasteiger partial charge in [-0.3, -0.25) is 4.79 Å². The van der Waals surface area contributed by atoms with Gasteiger partial charge in [0.25, 0.3) is 5.91 Å². The maximum atomic E-state index is 12.3. The minimum absolute atomic E-state index is 0.353. The topological polar surface area (TPSA) is 66.4 Å². The number of carbonyl (C=O) groups excluding carboxylic acids is 1. The molecule has 0 aliphatic carbocycles. The average Bonchev–Trinajstić information content (AvgIpc) is 2.39. The van der Waals surface area contributed by atoms with E-state index in [1.165, 1.54) is 0 Å². The number of halogens is 1. The van der Waals surface area contributed by atoms with Crippen LogP contribution >= 0.6 is 23.4 Å². The predicted octanol–water partition coefficient (Wildman–Crippen LogP) is 2.73. The van der Waals surface area contributed by atoms with Crippen LogP contribution in [-0.4, -0.2) is 34.0 Å². The fourth-order valence-electron chi connectivity index (χ4n) is 2.28. The molecule has 108 valence electrons. The van der Waals surface area contributed by atoms with Crippen molar-refractivity contribution in [1.29, 1.82) is 0 Å². The zero-order valence-electron chi connectivity index (χ0n) is 11.1. The van der Waals surface area contributed by atoms with E-state index in [-0.39, 0.29) is 5.91 Å². The lowest BCUT2D eigenvalue weighted by atomic mass is 9.91. The molecule has 0 atom stereocenters. The van der Waals surface area contributed by atoms with Gasteiger partial charge in [-0.1, -0.05) is 11.6 Å². The van der Waals surface area contributed by atoms with Gasteiger partial charge in [0.1, 0.15) is 5.54 Å². The second-order valence-corrected chi connectivity index (χ2v) is 6.57. The van der Waals surface area contributed by atoms with Gasteiger partial charge in [-0.2, -0.15) is 11.8 Å². The smallest absolute Gasteiger partial charge is 0.329 e. The van der Waals surface area contributed by atoms with Crippen molar-refractivity contribution in [1.82, 2.24) is 5.32 Å². The first-order valence-electron chi connectivity index (χ1n) is 6.34. The number of benzene rings is 1. The third-order valence-electron chi connectivity index (χ3n) is 3.54. The summed E-state index contributed by atoms with van der Waals surface area (Å²) >= 11 is 7.57. The molecule has 1 aromatic carbocycles. The Morgan fingerprint density at radius 2 is 2.00 bits per heavy atom. The molecule has 1 fully saturated rings. The Morgan fingerprint density at radius 3 is 2.55 bits per heavy atom. The molecular formula is C14H16ClNO3S. The molecule has 0 bridgehead atoms. The van der Waals surface area contributed by atoms with E-state index < -0.39 is 11.5 Å². The zero-order chi connectivity index (χ0) is 14.8. The van der Waals surface area contributed by atoms with Crippen LogP contribution in [0.4, 0.5) is 0 Å². The van der Waals surface area contributed by atoms with Gasteiger partial charge in [0.05, 0.1) is 0 Å². The molecule has 1 aliphatic rings. The summed E-state index contributed by atoms with van der Waals surface area (Å²) in [7, 11) is 0. The summed E-state index contributed by atoms with van der Waals surface area (Å²) in [4.78, 5) is 23.9. The number of amides is 1. The van der Waals surface area contributed by atoms with Crippen molar-refractivity contribution in [3.05, 3.63) is 34.3 Å². The summed E-state index contributed by atoms with van der Waals surface area (Å²) in [5.41, 5.74) is 0.0583. The number of rotatable bonds is 3. The number of carbonyl (C=O) groups is 2. The van der Waals surface area contributed by atoms with Crippen LogP contribution in [0.25, 0.3) is 0 Å². The van der Waals surface area contributed by atoms with Crippen molar-refractivity contribution < 1.29 is 14.7 Å². The molecule has 1 aromatic rings. The Balaban J connectivity index is 2.22. The third kappa shape index (κ3) is 3.10. The largest absolute Gasteiger partial charge is 0.480 e. The molecule has 1 amide bonds. The molecule has 1 saturated heterocycles. The monoisotopic (exact) mass is 313 g/mol. The SMILES string of the molecule is Cc1cc(Cl)ccc1C(=O)NC1(C(=O)O)CCSCC1. The van der Waals surface area contributed by atoms with Gasteiger partial charge in [-0.05, 0) is 55.0 Å². The highest BCUT2D eigenvalue weighted by molar-refractivity contribution is 7.99. The molecule has 1 heterocycles. The van der Waals surface area contributed by atoms with E-state index in [4.69, 9.17) is 11.6 Å². The molecule has 6 heteroatoms. The lowest BCUT2D eigenvalue weighted by Crippen LogP contribution is -2.56. The quantitative estimate of drug-likeness (QED) is 0.900. The van der Waals surface area contributed by atoms with Gasteiger partial charge in [0.2, 0.25) is 0 Å². The van der Waals surface area contributed by atoms with Crippen LogP contribution in [0.3, 0.4) is 0 Å². The van der Waals surface area contributed by atoms with Crippen molar-refractivity contribution in [2.24, 2.45) is 0 Å². The van der Waals surface area contributed by atoms with Gasteiger partial charge < -0.3 is 10.4 Å². The summed E-state index contributed by atoms with van der Waals surface area (Å²) in [6.45, 7) is 1.78. The molecule has 0 aromatic heterocycles. The first-order chi connectivity index (χ1) is 9.44. The lowest BCUT2D eigenvalue weighted by Gasteiger charge is -2.33. The van der Waals surface area contributed by atoms with Gasteiger partial charge in [-0.15, -0.1) is 0 Å². The highest BCUT2D eigenvalue weighted by Gasteiger charge is 2.41. The van der Waals surface area contributed by atoms with E-state index in [0.29, 0.717) is 23.4 Å². The van der Waals surface area contributed by atoms with Crippen molar-refractivity contribution in [3.63, 3.8) is 0 Å².